The lowest BCUT2D eigenvalue weighted by atomic mass is 10.2. The third-order valence-electron chi connectivity index (χ3n) is 1.08. The van der Waals surface area contributed by atoms with Gasteiger partial charge in [-0.05, 0) is 0 Å². The smallest absolute Gasteiger partial charge is 0.269 e. The average Bonchev–Trinajstić information content (AvgIpc) is 1.62. The maximum atomic E-state index is 10.3. The zero-order valence-corrected chi connectivity index (χ0v) is 4.98. The molecular formula is C4H5NO2S. The van der Waals surface area contributed by atoms with E-state index in [4.69, 9.17) is 0 Å². The van der Waals surface area contributed by atoms with Crippen LogP contribution < -0.4 is 0 Å². The third-order valence-corrected chi connectivity index (χ3v) is 2.35. The number of thioether (sulfide) groups is 1. The molecule has 1 rings (SSSR count). The number of carbonyl (C=O) groups excluding carboxylic acids is 1. The summed E-state index contributed by atoms with van der Waals surface area (Å²) in [6.45, 7) is 0. The molecule has 0 radical (unpaired) electrons. The van der Waals surface area contributed by atoms with E-state index >= 15 is 0 Å². The van der Waals surface area contributed by atoms with Crippen LogP contribution in [-0.4, -0.2) is 17.4 Å². The zero-order chi connectivity index (χ0) is 5.98. The number of amides is 1. The van der Waals surface area contributed by atoms with Crippen molar-refractivity contribution >= 4 is 17.7 Å². The average molecular weight is 131 g/mol. The zero-order valence-electron chi connectivity index (χ0n) is 4.16. The molecular weight excluding hydrogens is 126 g/mol. The van der Waals surface area contributed by atoms with Crippen LogP contribution in [0.3, 0.4) is 0 Å². The van der Waals surface area contributed by atoms with E-state index in [2.05, 4.69) is 5.18 Å². The Labute approximate surface area is 50.8 Å². The molecule has 4 heteroatoms. The molecule has 44 valence electrons. The van der Waals surface area contributed by atoms with Gasteiger partial charge in [0.15, 0.2) is 0 Å². The van der Waals surface area contributed by atoms with Crippen LogP contribution in [0.15, 0.2) is 5.18 Å². The first-order chi connectivity index (χ1) is 3.84. The molecule has 0 spiro atoms. The normalized spacial score (nSPS) is 19.5. The molecule has 0 aromatic rings. The first-order valence-corrected chi connectivity index (χ1v) is 3.45. The van der Waals surface area contributed by atoms with Crippen molar-refractivity contribution in [2.45, 2.75) is 0 Å². The summed E-state index contributed by atoms with van der Waals surface area (Å²) in [5.41, 5.74) is 0. The van der Waals surface area contributed by atoms with Crippen LogP contribution in [0, 0.1) is 10.8 Å². The van der Waals surface area contributed by atoms with E-state index in [0.717, 1.165) is 11.5 Å². The summed E-state index contributed by atoms with van der Waals surface area (Å²) < 4.78 is 0. The molecule has 1 saturated heterocycles. The number of nitroso groups, excluding NO2 is 1. The van der Waals surface area contributed by atoms with Crippen molar-refractivity contribution in [3.8, 4) is 0 Å². The molecule has 0 aromatic heterocycles. The van der Waals surface area contributed by atoms with Crippen LogP contribution in [0.1, 0.15) is 0 Å². The summed E-state index contributed by atoms with van der Waals surface area (Å²) in [5.74, 6) is 1.02. The highest BCUT2D eigenvalue weighted by atomic mass is 32.2. The van der Waals surface area contributed by atoms with Crippen molar-refractivity contribution in [3.05, 3.63) is 4.91 Å². The van der Waals surface area contributed by atoms with E-state index in [0.29, 0.717) is 0 Å². The molecule has 1 heterocycles. The van der Waals surface area contributed by atoms with Crippen molar-refractivity contribution < 1.29 is 4.79 Å². The van der Waals surface area contributed by atoms with Crippen molar-refractivity contribution in [3.63, 3.8) is 0 Å². The predicted molar refractivity (Wildman–Crippen MR) is 31.6 cm³/mol. The molecule has 0 bridgehead atoms. The standard InChI is InChI=1S/C4H5NO2S/c6-4(5-7)3-1-8-2-3/h3H,1-2H2. The van der Waals surface area contributed by atoms with Crippen LogP contribution >= 0.6 is 11.8 Å². The summed E-state index contributed by atoms with van der Waals surface area (Å²) >= 11 is 1.67. The molecule has 0 N–H and O–H groups in total. The van der Waals surface area contributed by atoms with E-state index in [1.165, 1.54) is 0 Å². The third kappa shape index (κ3) is 0.888. The Morgan fingerprint density at radius 3 is 2.38 bits per heavy atom. The van der Waals surface area contributed by atoms with Gasteiger partial charge in [0.2, 0.25) is 0 Å². The summed E-state index contributed by atoms with van der Waals surface area (Å²) in [6, 6.07) is 0. The summed E-state index contributed by atoms with van der Waals surface area (Å²) in [4.78, 5) is 19.8. The SMILES string of the molecule is O=NC(=O)C1CSC1. The molecule has 3 nitrogen and oxygen atoms in total. The first-order valence-electron chi connectivity index (χ1n) is 2.29. The van der Waals surface area contributed by atoms with Gasteiger partial charge in [-0.1, -0.05) is 0 Å². The van der Waals surface area contributed by atoms with Crippen molar-refractivity contribution in [1.29, 1.82) is 0 Å². The maximum absolute atomic E-state index is 10.3. The lowest BCUT2D eigenvalue weighted by Crippen LogP contribution is -2.25. The molecule has 8 heavy (non-hydrogen) atoms. The van der Waals surface area contributed by atoms with Gasteiger partial charge >= 0.3 is 0 Å². The molecule has 1 aliphatic heterocycles. The predicted octanol–water partition coefficient (Wildman–Crippen LogP) is 0.642. The highest BCUT2D eigenvalue weighted by Crippen LogP contribution is 2.25. The van der Waals surface area contributed by atoms with Gasteiger partial charge in [-0.15, -0.1) is 4.91 Å². The van der Waals surface area contributed by atoms with E-state index < -0.39 is 5.91 Å². The molecule has 1 amide bonds. The summed E-state index contributed by atoms with van der Waals surface area (Å²) in [7, 11) is 0. The van der Waals surface area contributed by atoms with Crippen LogP contribution in [-0.2, 0) is 4.79 Å². The number of rotatable bonds is 1. The Morgan fingerprint density at radius 2 is 2.25 bits per heavy atom. The van der Waals surface area contributed by atoms with Gasteiger partial charge in [-0.3, -0.25) is 4.79 Å². The van der Waals surface area contributed by atoms with Gasteiger partial charge in [0.05, 0.1) is 5.92 Å². The van der Waals surface area contributed by atoms with Crippen LogP contribution in [0.5, 0.6) is 0 Å². The minimum Gasteiger partial charge on any atom is -0.269 e. The van der Waals surface area contributed by atoms with Gasteiger partial charge in [-0.2, -0.15) is 11.8 Å². The summed E-state index contributed by atoms with van der Waals surface area (Å²) in [5, 5.41) is 2.31. The lowest BCUT2D eigenvalue weighted by molar-refractivity contribution is -0.120. The second kappa shape index (κ2) is 2.26. The quantitative estimate of drug-likeness (QED) is 0.490. The second-order valence-corrected chi connectivity index (χ2v) is 2.74. The maximum Gasteiger partial charge on any atom is 0.291 e. The van der Waals surface area contributed by atoms with Gasteiger partial charge in [0, 0.05) is 16.7 Å². The molecule has 0 unspecified atom stereocenters. The van der Waals surface area contributed by atoms with Crippen molar-refractivity contribution in [1.82, 2.24) is 0 Å². The number of carbonyl (C=O) groups is 1. The van der Waals surface area contributed by atoms with Crippen LogP contribution in [0.4, 0.5) is 0 Å². The molecule has 0 aromatic carbocycles. The van der Waals surface area contributed by atoms with E-state index in [9.17, 15) is 9.70 Å². The van der Waals surface area contributed by atoms with Gasteiger partial charge in [-0.25, -0.2) is 0 Å². The summed E-state index contributed by atoms with van der Waals surface area (Å²) in [6.07, 6.45) is 0. The van der Waals surface area contributed by atoms with Gasteiger partial charge in [0.1, 0.15) is 0 Å². The molecule has 0 saturated carbocycles. The van der Waals surface area contributed by atoms with Crippen LogP contribution in [0.25, 0.3) is 0 Å². The van der Waals surface area contributed by atoms with E-state index in [-0.39, 0.29) is 5.92 Å². The van der Waals surface area contributed by atoms with Crippen molar-refractivity contribution in [2.75, 3.05) is 11.5 Å². The Morgan fingerprint density at radius 1 is 1.62 bits per heavy atom. The largest absolute Gasteiger partial charge is 0.291 e. The monoisotopic (exact) mass is 131 g/mol. The topological polar surface area (TPSA) is 46.5 Å². The van der Waals surface area contributed by atoms with Crippen molar-refractivity contribution in [2.24, 2.45) is 11.1 Å². The Kier molecular flexibility index (Phi) is 1.62. The molecule has 1 fully saturated rings. The van der Waals surface area contributed by atoms with E-state index in [1.807, 2.05) is 0 Å². The number of hydrogen-bond donors (Lipinski definition) is 0. The highest BCUT2D eigenvalue weighted by molar-refractivity contribution is 8.00. The van der Waals surface area contributed by atoms with E-state index in [1.54, 1.807) is 11.8 Å². The Bertz CT molecular complexity index is 121. The molecule has 0 aliphatic carbocycles. The molecule has 1 aliphatic rings. The number of nitrogens with zero attached hydrogens (tertiary/aromatic N) is 1. The lowest BCUT2D eigenvalue weighted by Gasteiger charge is -2.18. The van der Waals surface area contributed by atoms with Crippen LogP contribution in [0.2, 0.25) is 0 Å². The minimum atomic E-state index is -0.483. The highest BCUT2D eigenvalue weighted by Gasteiger charge is 2.26. The Balaban J connectivity index is 2.34. The minimum absolute atomic E-state index is 0.0579. The first kappa shape index (κ1) is 5.75. The second-order valence-electron chi connectivity index (χ2n) is 1.66. The number of hydrogen-bond acceptors (Lipinski definition) is 3. The van der Waals surface area contributed by atoms with Gasteiger partial charge in [0.25, 0.3) is 5.91 Å². The fourth-order valence-corrected chi connectivity index (χ4v) is 1.21. The Hall–Kier alpha value is -0.380. The fourth-order valence-electron chi connectivity index (χ4n) is 0.453. The molecule has 0 atom stereocenters. The van der Waals surface area contributed by atoms with Gasteiger partial charge < -0.3 is 0 Å². The fraction of sp³-hybridized carbons (Fsp3) is 0.750.